The molecule has 1 aliphatic heterocycles. The molecular formula is C12H15Cl2NO. The second-order valence-electron chi connectivity index (χ2n) is 4.06. The highest BCUT2D eigenvalue weighted by Crippen LogP contribution is 2.33. The lowest BCUT2D eigenvalue weighted by atomic mass is 9.92. The van der Waals surface area contributed by atoms with Crippen molar-refractivity contribution in [2.24, 2.45) is 5.92 Å². The third kappa shape index (κ3) is 2.51. The average molecular weight is 260 g/mol. The van der Waals surface area contributed by atoms with Gasteiger partial charge in [-0.3, -0.25) is 0 Å². The largest absolute Gasteiger partial charge is 0.381 e. The van der Waals surface area contributed by atoms with E-state index >= 15 is 0 Å². The Bertz CT molecular complexity index is 364. The molecule has 0 aromatic heterocycles. The van der Waals surface area contributed by atoms with E-state index in [1.807, 2.05) is 19.2 Å². The molecule has 0 aliphatic carbocycles. The Balaban J connectivity index is 2.25. The summed E-state index contributed by atoms with van der Waals surface area (Å²) in [5.74, 6) is 0.490. The third-order valence-corrected chi connectivity index (χ3v) is 3.61. The average Bonchev–Trinajstić information content (AvgIpc) is 2.75. The third-order valence-electron chi connectivity index (χ3n) is 3.04. The van der Waals surface area contributed by atoms with E-state index < -0.39 is 0 Å². The van der Waals surface area contributed by atoms with Crippen molar-refractivity contribution in [3.05, 3.63) is 33.8 Å². The highest BCUT2D eigenvalue weighted by atomic mass is 35.5. The predicted molar refractivity (Wildman–Crippen MR) is 67.2 cm³/mol. The highest BCUT2D eigenvalue weighted by Gasteiger charge is 2.27. The summed E-state index contributed by atoms with van der Waals surface area (Å²) >= 11 is 12.1. The summed E-state index contributed by atoms with van der Waals surface area (Å²) in [6.07, 6.45) is 1.07. The Morgan fingerprint density at radius 1 is 1.44 bits per heavy atom. The molecule has 2 atom stereocenters. The SMILES string of the molecule is CNC(c1ccc(Cl)cc1Cl)C1CCOC1. The number of hydrogen-bond acceptors (Lipinski definition) is 2. The zero-order chi connectivity index (χ0) is 11.5. The van der Waals surface area contributed by atoms with Gasteiger partial charge in [0.1, 0.15) is 0 Å². The number of ether oxygens (including phenoxy) is 1. The van der Waals surface area contributed by atoms with Gasteiger partial charge in [0.25, 0.3) is 0 Å². The maximum atomic E-state index is 6.22. The van der Waals surface area contributed by atoms with E-state index in [0.29, 0.717) is 10.9 Å². The normalized spacial score (nSPS) is 22.3. The summed E-state index contributed by atoms with van der Waals surface area (Å²) in [4.78, 5) is 0. The summed E-state index contributed by atoms with van der Waals surface area (Å²) in [6.45, 7) is 1.64. The van der Waals surface area contributed by atoms with Crippen LogP contribution in [-0.4, -0.2) is 20.3 Å². The van der Waals surface area contributed by atoms with Gasteiger partial charge in [0, 0.05) is 28.6 Å². The minimum Gasteiger partial charge on any atom is -0.381 e. The van der Waals surface area contributed by atoms with Crippen LogP contribution in [0.1, 0.15) is 18.0 Å². The Morgan fingerprint density at radius 3 is 2.81 bits per heavy atom. The maximum absolute atomic E-state index is 6.22. The molecule has 16 heavy (non-hydrogen) atoms. The van der Waals surface area contributed by atoms with Gasteiger partial charge in [-0.25, -0.2) is 0 Å². The number of nitrogens with one attached hydrogen (secondary N) is 1. The van der Waals surface area contributed by atoms with E-state index in [1.54, 1.807) is 6.07 Å². The molecule has 1 saturated heterocycles. The van der Waals surface area contributed by atoms with Gasteiger partial charge < -0.3 is 10.1 Å². The maximum Gasteiger partial charge on any atom is 0.0513 e. The topological polar surface area (TPSA) is 21.3 Å². The van der Waals surface area contributed by atoms with Crippen LogP contribution in [0.5, 0.6) is 0 Å². The lowest BCUT2D eigenvalue weighted by molar-refractivity contribution is 0.178. The first-order valence-electron chi connectivity index (χ1n) is 5.42. The number of rotatable bonds is 3. The van der Waals surface area contributed by atoms with Crippen molar-refractivity contribution >= 4 is 23.2 Å². The van der Waals surface area contributed by atoms with Gasteiger partial charge in [-0.05, 0) is 31.2 Å². The van der Waals surface area contributed by atoms with Crippen molar-refractivity contribution in [3.63, 3.8) is 0 Å². The van der Waals surface area contributed by atoms with Gasteiger partial charge in [-0.15, -0.1) is 0 Å². The lowest BCUT2D eigenvalue weighted by Gasteiger charge is -2.23. The molecule has 1 N–H and O–H groups in total. The molecule has 0 amide bonds. The monoisotopic (exact) mass is 259 g/mol. The molecule has 1 aromatic rings. The second-order valence-corrected chi connectivity index (χ2v) is 4.90. The van der Waals surface area contributed by atoms with Crippen LogP contribution in [-0.2, 0) is 4.74 Å². The quantitative estimate of drug-likeness (QED) is 0.900. The Labute approximate surface area is 106 Å². The van der Waals surface area contributed by atoms with Crippen LogP contribution in [0, 0.1) is 5.92 Å². The van der Waals surface area contributed by atoms with Crippen LogP contribution in [0.25, 0.3) is 0 Å². The lowest BCUT2D eigenvalue weighted by Crippen LogP contribution is -2.25. The van der Waals surface area contributed by atoms with Crippen LogP contribution >= 0.6 is 23.2 Å². The molecule has 1 heterocycles. The summed E-state index contributed by atoms with van der Waals surface area (Å²) in [6, 6.07) is 5.90. The van der Waals surface area contributed by atoms with Crippen molar-refractivity contribution < 1.29 is 4.74 Å². The van der Waals surface area contributed by atoms with Crippen molar-refractivity contribution in [3.8, 4) is 0 Å². The molecule has 0 spiro atoms. The summed E-state index contributed by atoms with van der Waals surface area (Å²) in [5.41, 5.74) is 1.10. The van der Waals surface area contributed by atoms with Crippen LogP contribution in [0.3, 0.4) is 0 Å². The molecule has 1 fully saturated rings. The molecule has 0 radical (unpaired) electrons. The van der Waals surface area contributed by atoms with Crippen molar-refractivity contribution in [2.45, 2.75) is 12.5 Å². The number of benzene rings is 1. The predicted octanol–water partition coefficient (Wildman–Crippen LogP) is 3.29. The van der Waals surface area contributed by atoms with E-state index in [0.717, 1.165) is 30.2 Å². The first-order chi connectivity index (χ1) is 7.72. The van der Waals surface area contributed by atoms with Gasteiger partial charge in [-0.1, -0.05) is 29.3 Å². The second kappa shape index (κ2) is 5.37. The first kappa shape index (κ1) is 12.2. The molecular weight excluding hydrogens is 245 g/mol. The van der Waals surface area contributed by atoms with E-state index in [9.17, 15) is 0 Å². The van der Waals surface area contributed by atoms with E-state index in [-0.39, 0.29) is 6.04 Å². The molecule has 2 nitrogen and oxygen atoms in total. The van der Waals surface area contributed by atoms with Crippen molar-refractivity contribution in [1.29, 1.82) is 0 Å². The smallest absolute Gasteiger partial charge is 0.0513 e. The van der Waals surface area contributed by atoms with Gasteiger partial charge >= 0.3 is 0 Å². The van der Waals surface area contributed by atoms with Gasteiger partial charge in [0.2, 0.25) is 0 Å². The highest BCUT2D eigenvalue weighted by molar-refractivity contribution is 6.35. The Morgan fingerprint density at radius 2 is 2.25 bits per heavy atom. The molecule has 2 rings (SSSR count). The molecule has 1 aliphatic rings. The van der Waals surface area contributed by atoms with Gasteiger partial charge in [-0.2, -0.15) is 0 Å². The van der Waals surface area contributed by atoms with Crippen molar-refractivity contribution in [2.75, 3.05) is 20.3 Å². The summed E-state index contributed by atoms with van der Waals surface area (Å²) in [5, 5.41) is 4.71. The molecule has 1 aromatic carbocycles. The molecule has 2 unspecified atom stereocenters. The summed E-state index contributed by atoms with van der Waals surface area (Å²) in [7, 11) is 1.95. The standard InChI is InChI=1S/C12H15Cl2NO/c1-15-12(8-4-5-16-7-8)10-3-2-9(13)6-11(10)14/h2-3,6,8,12,15H,4-5,7H2,1H3. The van der Waals surface area contributed by atoms with Gasteiger partial charge in [0.15, 0.2) is 0 Å². The van der Waals surface area contributed by atoms with Crippen molar-refractivity contribution in [1.82, 2.24) is 5.32 Å². The first-order valence-corrected chi connectivity index (χ1v) is 6.18. The Hall–Kier alpha value is -0.280. The number of halogens is 2. The molecule has 0 saturated carbocycles. The van der Waals surface area contributed by atoms with E-state index in [1.165, 1.54) is 0 Å². The fourth-order valence-electron chi connectivity index (χ4n) is 2.21. The fraction of sp³-hybridized carbons (Fsp3) is 0.500. The van der Waals surface area contributed by atoms with E-state index in [4.69, 9.17) is 27.9 Å². The van der Waals surface area contributed by atoms with E-state index in [2.05, 4.69) is 5.32 Å². The molecule has 4 heteroatoms. The molecule has 0 bridgehead atoms. The van der Waals surface area contributed by atoms with Crippen LogP contribution in [0.15, 0.2) is 18.2 Å². The van der Waals surface area contributed by atoms with Crippen LogP contribution < -0.4 is 5.32 Å². The van der Waals surface area contributed by atoms with Crippen LogP contribution in [0.2, 0.25) is 10.0 Å². The Kier molecular flexibility index (Phi) is 4.09. The zero-order valence-electron chi connectivity index (χ0n) is 9.17. The minimum atomic E-state index is 0.243. The number of hydrogen-bond donors (Lipinski definition) is 1. The minimum absolute atomic E-state index is 0.243. The summed E-state index contributed by atoms with van der Waals surface area (Å²) < 4.78 is 5.42. The molecule has 88 valence electrons. The van der Waals surface area contributed by atoms with Gasteiger partial charge in [0.05, 0.1) is 6.61 Å². The van der Waals surface area contributed by atoms with Crippen LogP contribution in [0.4, 0.5) is 0 Å². The fourth-order valence-corrected chi connectivity index (χ4v) is 2.74. The zero-order valence-corrected chi connectivity index (χ0v) is 10.7.